The number of carbonyl (C=O) groups is 1. The van der Waals surface area contributed by atoms with Gasteiger partial charge in [-0.25, -0.2) is 0 Å². The van der Waals surface area contributed by atoms with Gasteiger partial charge in [-0.05, 0) is 70.3 Å². The average molecular weight is 558 g/mol. The molecular weight excluding hydrogens is 517 g/mol. The molecule has 1 aromatic rings. The molecule has 1 amide bonds. The van der Waals surface area contributed by atoms with E-state index in [4.69, 9.17) is 15.5 Å². The molecule has 0 saturated carbocycles. The smallest absolute Gasteiger partial charge is 0.220 e. The average Bonchev–Trinajstić information content (AvgIpc) is 2.79. The van der Waals surface area contributed by atoms with Crippen LogP contribution < -0.4 is 11.1 Å². The molecule has 0 aliphatic carbocycles. The zero-order chi connectivity index (χ0) is 22.1. The Morgan fingerprint density at radius 1 is 1.22 bits per heavy atom. The molecule has 2 aliphatic heterocycles. The minimum atomic E-state index is -0.141. The van der Waals surface area contributed by atoms with Gasteiger partial charge in [-0.3, -0.25) is 9.79 Å². The number of unbranched alkanes of at least 4 members (excludes halogenated alkanes) is 1. The Hall–Kier alpha value is -1.39. The number of carbonyl (C=O) groups excluding carboxylic acids is 1. The Morgan fingerprint density at radius 3 is 2.66 bits per heavy atom. The lowest BCUT2D eigenvalue weighted by molar-refractivity contribution is -0.123. The summed E-state index contributed by atoms with van der Waals surface area (Å²) in [6, 6.07) is 8.47. The minimum absolute atomic E-state index is 0. The molecule has 8 heteroatoms. The molecule has 1 atom stereocenters. The number of likely N-dealkylation sites (tertiary alicyclic amines) is 1. The van der Waals surface area contributed by atoms with Gasteiger partial charge in [0.2, 0.25) is 5.91 Å². The van der Waals surface area contributed by atoms with Crippen LogP contribution in [0.15, 0.2) is 29.3 Å². The molecular formula is C24H40IN5O2. The van der Waals surface area contributed by atoms with Gasteiger partial charge in [-0.1, -0.05) is 24.3 Å². The number of hydrogen-bond donors (Lipinski definition) is 2. The highest BCUT2D eigenvalue weighted by atomic mass is 127. The molecule has 0 bridgehead atoms. The van der Waals surface area contributed by atoms with E-state index in [0.717, 1.165) is 77.5 Å². The van der Waals surface area contributed by atoms with Gasteiger partial charge in [0, 0.05) is 25.6 Å². The Labute approximate surface area is 210 Å². The number of benzene rings is 1. The second-order valence-electron chi connectivity index (χ2n) is 8.62. The SMILES string of the molecule is CCNC(=NCCCCN1CCC(C(N)=O)CC1)N1CCOC(c2ccccc2C)C1.I. The minimum Gasteiger partial charge on any atom is -0.370 e. The van der Waals surface area contributed by atoms with E-state index in [9.17, 15) is 4.79 Å². The molecule has 1 unspecified atom stereocenters. The Kier molecular flexibility index (Phi) is 11.7. The van der Waals surface area contributed by atoms with Crippen LogP contribution in [0.2, 0.25) is 0 Å². The van der Waals surface area contributed by atoms with E-state index in [2.05, 4.69) is 53.2 Å². The topological polar surface area (TPSA) is 83.2 Å². The number of ether oxygens (including phenoxy) is 1. The van der Waals surface area contributed by atoms with Gasteiger partial charge in [0.1, 0.15) is 6.10 Å². The zero-order valence-electron chi connectivity index (χ0n) is 19.6. The molecule has 2 aliphatic rings. The first-order valence-corrected chi connectivity index (χ1v) is 11.8. The van der Waals surface area contributed by atoms with Crippen molar-refractivity contribution in [3.8, 4) is 0 Å². The maximum atomic E-state index is 11.3. The molecule has 2 heterocycles. The summed E-state index contributed by atoms with van der Waals surface area (Å²) >= 11 is 0. The number of halogens is 1. The lowest BCUT2D eigenvalue weighted by Gasteiger charge is -2.36. The first-order valence-electron chi connectivity index (χ1n) is 11.8. The molecule has 7 nitrogen and oxygen atoms in total. The molecule has 3 rings (SSSR count). The molecule has 0 aromatic heterocycles. The number of hydrogen-bond acceptors (Lipinski definition) is 4. The number of morpholine rings is 1. The van der Waals surface area contributed by atoms with Crippen LogP contribution in [0, 0.1) is 12.8 Å². The number of nitrogens with zero attached hydrogens (tertiary/aromatic N) is 3. The molecule has 2 fully saturated rings. The summed E-state index contributed by atoms with van der Waals surface area (Å²) < 4.78 is 6.08. The number of primary amides is 1. The van der Waals surface area contributed by atoms with Gasteiger partial charge in [-0.2, -0.15) is 0 Å². The summed E-state index contributed by atoms with van der Waals surface area (Å²) in [5.41, 5.74) is 7.97. The van der Waals surface area contributed by atoms with Crippen LogP contribution in [0.5, 0.6) is 0 Å². The van der Waals surface area contributed by atoms with Gasteiger partial charge in [0.05, 0.1) is 13.2 Å². The van der Waals surface area contributed by atoms with E-state index in [0.29, 0.717) is 6.61 Å². The van der Waals surface area contributed by atoms with E-state index in [1.54, 1.807) is 0 Å². The summed E-state index contributed by atoms with van der Waals surface area (Å²) in [5, 5.41) is 3.46. The molecule has 0 radical (unpaired) electrons. The fourth-order valence-electron chi connectivity index (χ4n) is 4.48. The van der Waals surface area contributed by atoms with E-state index >= 15 is 0 Å². The van der Waals surface area contributed by atoms with Gasteiger partial charge in [0.15, 0.2) is 5.96 Å². The highest BCUT2D eigenvalue weighted by Gasteiger charge is 2.25. The number of amides is 1. The van der Waals surface area contributed by atoms with Crippen LogP contribution in [0.3, 0.4) is 0 Å². The highest BCUT2D eigenvalue weighted by molar-refractivity contribution is 14.0. The van der Waals surface area contributed by atoms with Gasteiger partial charge < -0.3 is 25.6 Å². The van der Waals surface area contributed by atoms with Crippen LogP contribution in [0.4, 0.5) is 0 Å². The van der Waals surface area contributed by atoms with E-state index in [-0.39, 0.29) is 41.9 Å². The number of piperidine rings is 1. The summed E-state index contributed by atoms with van der Waals surface area (Å²) in [6.07, 6.45) is 4.07. The van der Waals surface area contributed by atoms with Crippen molar-refractivity contribution < 1.29 is 9.53 Å². The monoisotopic (exact) mass is 557 g/mol. The molecule has 32 heavy (non-hydrogen) atoms. The van der Waals surface area contributed by atoms with Crippen molar-refractivity contribution >= 4 is 35.8 Å². The molecule has 180 valence electrons. The quantitative estimate of drug-likeness (QED) is 0.222. The predicted molar refractivity (Wildman–Crippen MR) is 140 cm³/mol. The van der Waals surface area contributed by atoms with Crippen LogP contribution in [-0.4, -0.2) is 74.1 Å². The predicted octanol–water partition coefficient (Wildman–Crippen LogP) is 2.93. The fourth-order valence-corrected chi connectivity index (χ4v) is 4.48. The highest BCUT2D eigenvalue weighted by Crippen LogP contribution is 2.25. The summed E-state index contributed by atoms with van der Waals surface area (Å²) in [4.78, 5) is 21.0. The second kappa shape index (κ2) is 14.0. The first-order chi connectivity index (χ1) is 15.1. The third-order valence-corrected chi connectivity index (χ3v) is 6.37. The van der Waals surface area contributed by atoms with E-state index in [1.807, 2.05) is 0 Å². The lowest BCUT2D eigenvalue weighted by atomic mass is 9.96. The second-order valence-corrected chi connectivity index (χ2v) is 8.62. The van der Waals surface area contributed by atoms with Crippen LogP contribution in [0.1, 0.15) is 49.8 Å². The molecule has 2 saturated heterocycles. The van der Waals surface area contributed by atoms with Crippen LogP contribution >= 0.6 is 24.0 Å². The Morgan fingerprint density at radius 2 is 1.97 bits per heavy atom. The van der Waals surface area contributed by atoms with Crippen molar-refractivity contribution in [2.75, 3.05) is 52.4 Å². The van der Waals surface area contributed by atoms with E-state index in [1.165, 1.54) is 11.1 Å². The van der Waals surface area contributed by atoms with Crippen LogP contribution in [0.25, 0.3) is 0 Å². The number of nitrogens with one attached hydrogen (secondary N) is 1. The lowest BCUT2D eigenvalue weighted by Crippen LogP contribution is -2.48. The summed E-state index contributed by atoms with van der Waals surface area (Å²) in [7, 11) is 0. The molecule has 0 spiro atoms. The normalized spacial score (nSPS) is 20.6. The number of aliphatic imine (C=N–C) groups is 1. The number of guanidine groups is 1. The third kappa shape index (κ3) is 7.88. The number of aryl methyl sites for hydroxylation is 1. The number of rotatable bonds is 8. The van der Waals surface area contributed by atoms with Gasteiger partial charge in [0.25, 0.3) is 0 Å². The summed E-state index contributed by atoms with van der Waals surface area (Å²) in [5.74, 6) is 0.921. The van der Waals surface area contributed by atoms with Crippen molar-refractivity contribution in [2.45, 2.75) is 45.6 Å². The standard InChI is InChI=1S/C24H39N5O2.HI/c1-3-26-24(27-12-6-7-13-28-14-10-20(11-15-28)23(25)30)29-16-17-31-22(18-29)21-9-5-4-8-19(21)2;/h4-5,8-9,20,22H,3,6-7,10-18H2,1-2H3,(H2,25,30)(H,26,27);1H. The maximum Gasteiger partial charge on any atom is 0.220 e. The van der Waals surface area contributed by atoms with Crippen molar-refractivity contribution in [3.05, 3.63) is 35.4 Å². The number of nitrogens with two attached hydrogens (primary N) is 1. The van der Waals surface area contributed by atoms with E-state index < -0.39 is 0 Å². The van der Waals surface area contributed by atoms with Crippen molar-refractivity contribution in [1.29, 1.82) is 0 Å². The maximum absolute atomic E-state index is 11.3. The zero-order valence-corrected chi connectivity index (χ0v) is 21.9. The Balaban J connectivity index is 0.00000363. The molecule has 1 aromatic carbocycles. The van der Waals surface area contributed by atoms with Crippen LogP contribution in [-0.2, 0) is 9.53 Å². The third-order valence-electron chi connectivity index (χ3n) is 6.37. The van der Waals surface area contributed by atoms with Crippen molar-refractivity contribution in [3.63, 3.8) is 0 Å². The van der Waals surface area contributed by atoms with Crippen molar-refractivity contribution in [1.82, 2.24) is 15.1 Å². The Bertz CT molecular complexity index is 737. The fraction of sp³-hybridized carbons (Fsp3) is 0.667. The largest absolute Gasteiger partial charge is 0.370 e. The van der Waals surface area contributed by atoms with Crippen molar-refractivity contribution in [2.24, 2.45) is 16.6 Å². The van der Waals surface area contributed by atoms with Gasteiger partial charge in [-0.15, -0.1) is 24.0 Å². The molecule has 3 N–H and O–H groups in total. The summed E-state index contributed by atoms with van der Waals surface area (Å²) in [6.45, 7) is 11.4. The van der Waals surface area contributed by atoms with Gasteiger partial charge >= 0.3 is 0 Å². The first kappa shape index (κ1) is 26.9.